The number of hydrogen-bond donors (Lipinski definition) is 2. The van der Waals surface area contributed by atoms with Crippen LogP contribution < -0.4 is 24.8 Å². The van der Waals surface area contributed by atoms with E-state index in [1.165, 1.54) is 4.90 Å². The van der Waals surface area contributed by atoms with Crippen molar-refractivity contribution in [3.63, 3.8) is 0 Å². The van der Waals surface area contributed by atoms with Crippen molar-refractivity contribution < 1.29 is 38.1 Å². The van der Waals surface area contributed by atoms with Gasteiger partial charge in [0.05, 0.1) is 41.2 Å². The van der Waals surface area contributed by atoms with Crippen LogP contribution >= 0.6 is 38.6 Å². The van der Waals surface area contributed by atoms with Crippen LogP contribution in [0.4, 0.5) is 0 Å². The van der Waals surface area contributed by atoms with E-state index in [9.17, 15) is 19.2 Å². The van der Waals surface area contributed by atoms with Gasteiger partial charge in [0.25, 0.3) is 0 Å². The molecule has 4 aromatic carbocycles. The first-order valence-electron chi connectivity index (χ1n) is 23.4. The van der Waals surface area contributed by atoms with Gasteiger partial charge in [0.15, 0.2) is 11.5 Å². The zero-order valence-electron chi connectivity index (χ0n) is 40.1. The third kappa shape index (κ3) is 12.8. The number of hydrogen-bond acceptors (Lipinski definition) is 13. The molecule has 70 heavy (non-hydrogen) atoms. The molecule has 368 valence electrons. The van der Waals surface area contributed by atoms with E-state index < -0.39 is 35.2 Å². The fourth-order valence-corrected chi connectivity index (χ4v) is 10.8. The number of halogens is 1. The number of carbonyl (C=O) groups excluding carboxylic acids is 4. The van der Waals surface area contributed by atoms with Gasteiger partial charge in [0.1, 0.15) is 42.5 Å². The molecule has 0 bridgehead atoms. The molecule has 0 aliphatic carbocycles. The third-order valence-electron chi connectivity index (χ3n) is 12.5. The van der Waals surface area contributed by atoms with Crippen molar-refractivity contribution in [2.24, 2.45) is 5.41 Å². The summed E-state index contributed by atoms with van der Waals surface area (Å²) in [6.07, 6.45) is -0.0791. The lowest BCUT2D eigenvalue weighted by Gasteiger charge is -2.35. The van der Waals surface area contributed by atoms with E-state index in [0.29, 0.717) is 19.8 Å². The number of methoxy groups -OCH3 is 1. The third-order valence-corrected chi connectivity index (χ3v) is 15.2. The van der Waals surface area contributed by atoms with Crippen LogP contribution in [0.3, 0.4) is 0 Å². The number of Topliss-reactive ketones (excluding diaryl/α,β-unsaturated/α-hetero) is 1. The summed E-state index contributed by atoms with van der Waals surface area (Å²) in [5.41, 5.74) is 5.08. The first kappa shape index (κ1) is 50.7. The fraction of sp³-hybridized carbons (Fsp3) is 0.377. The Bertz CT molecular complexity index is 2770. The predicted octanol–water partition coefficient (Wildman–Crippen LogP) is 8.59. The van der Waals surface area contributed by atoms with Crippen LogP contribution in [0.1, 0.15) is 38.4 Å². The molecule has 2 saturated heterocycles. The Hall–Kier alpha value is -5.69. The van der Waals surface area contributed by atoms with Gasteiger partial charge in [-0.1, -0.05) is 73.1 Å². The van der Waals surface area contributed by atoms with Crippen LogP contribution in [0, 0.1) is 12.3 Å². The Kier molecular flexibility index (Phi) is 16.7. The minimum absolute atomic E-state index is 0.0791. The zero-order chi connectivity index (χ0) is 49.4. The second-order valence-electron chi connectivity index (χ2n) is 18.6. The molecule has 0 spiro atoms. The fourth-order valence-electron chi connectivity index (χ4n) is 8.52. The van der Waals surface area contributed by atoms with E-state index in [0.717, 1.165) is 102 Å². The van der Waals surface area contributed by atoms with Gasteiger partial charge in [-0.2, -0.15) is 0 Å². The van der Waals surface area contributed by atoms with E-state index in [-0.39, 0.29) is 31.9 Å². The van der Waals surface area contributed by atoms with Gasteiger partial charge >= 0.3 is 0 Å². The normalized spacial score (nSPS) is 16.1. The second-order valence-corrected chi connectivity index (χ2v) is 21.4. The first-order chi connectivity index (χ1) is 33.7. The van der Waals surface area contributed by atoms with Gasteiger partial charge in [-0.25, -0.2) is 4.98 Å². The number of ketones is 1. The number of nitrogens with one attached hydrogen (secondary N) is 2. The lowest BCUT2D eigenvalue weighted by molar-refractivity contribution is -0.144. The number of amides is 3. The summed E-state index contributed by atoms with van der Waals surface area (Å²) in [6, 6.07) is 27.9. The summed E-state index contributed by atoms with van der Waals surface area (Å²) < 4.78 is 26.1. The van der Waals surface area contributed by atoms with E-state index in [2.05, 4.69) is 53.5 Å². The molecule has 14 nitrogen and oxygen atoms in total. The number of aromatic nitrogens is 1. The van der Waals surface area contributed by atoms with Crippen molar-refractivity contribution >= 4 is 72.2 Å². The molecular formula is C53H59BrN6O8S2. The molecule has 3 amide bonds. The van der Waals surface area contributed by atoms with Gasteiger partial charge < -0.3 is 34.5 Å². The smallest absolute Gasteiger partial charge is 0.246 e. The first-order valence-corrected chi connectivity index (χ1v) is 25.9. The Balaban J connectivity index is 0.737. The van der Waals surface area contributed by atoms with Gasteiger partial charge in [-0.15, -0.1) is 22.7 Å². The molecule has 2 aromatic heterocycles. The average Bonchev–Trinajstić information content (AvgIpc) is 4.08. The molecule has 0 radical (unpaired) electrons. The zero-order valence-corrected chi connectivity index (χ0v) is 43.3. The second kappa shape index (κ2) is 23.0. The van der Waals surface area contributed by atoms with Crippen molar-refractivity contribution in [1.29, 1.82) is 0 Å². The quantitative estimate of drug-likeness (QED) is 0.0751. The van der Waals surface area contributed by atoms with E-state index in [1.54, 1.807) is 29.8 Å². The number of piperazine rings is 1. The Morgan fingerprint density at radius 3 is 2.14 bits per heavy atom. The van der Waals surface area contributed by atoms with Crippen molar-refractivity contribution in [2.45, 2.75) is 52.7 Å². The minimum atomic E-state index is -0.974. The number of thiophene rings is 1. The molecule has 2 N–H and O–H groups in total. The van der Waals surface area contributed by atoms with Gasteiger partial charge in [-0.3, -0.25) is 29.0 Å². The van der Waals surface area contributed by atoms with Crippen molar-refractivity contribution in [2.75, 3.05) is 72.7 Å². The maximum atomic E-state index is 14.0. The highest BCUT2D eigenvalue weighted by Gasteiger charge is 2.44. The topological polar surface area (TPSA) is 152 Å². The largest absolute Gasteiger partial charge is 0.497 e. The van der Waals surface area contributed by atoms with Gasteiger partial charge in [0.2, 0.25) is 17.7 Å². The monoisotopic (exact) mass is 1050 g/mol. The van der Waals surface area contributed by atoms with E-state index in [4.69, 9.17) is 18.9 Å². The van der Waals surface area contributed by atoms with Crippen LogP contribution in [0.2, 0.25) is 0 Å². The molecule has 1 unspecified atom stereocenters. The van der Waals surface area contributed by atoms with Crippen LogP contribution in [0.5, 0.6) is 23.0 Å². The van der Waals surface area contributed by atoms with Crippen molar-refractivity contribution in [1.82, 2.24) is 30.3 Å². The number of ether oxygens (including phenoxy) is 4. The van der Waals surface area contributed by atoms with Crippen LogP contribution in [0.25, 0.3) is 31.0 Å². The molecule has 2 aliphatic heterocycles. The highest BCUT2D eigenvalue weighted by Crippen LogP contribution is 2.47. The summed E-state index contributed by atoms with van der Waals surface area (Å²) in [7, 11) is 1.67. The van der Waals surface area contributed by atoms with Crippen molar-refractivity contribution in [3.8, 4) is 43.9 Å². The van der Waals surface area contributed by atoms with E-state index in [1.807, 2.05) is 112 Å². The van der Waals surface area contributed by atoms with E-state index >= 15 is 0 Å². The number of aryl methyl sites for hydroxylation is 1. The van der Waals surface area contributed by atoms with Crippen molar-refractivity contribution in [3.05, 3.63) is 112 Å². The standard InChI is InChI=1S/C53H59BrN6O8S2/c1-34-48(69-33-56-34)36-8-6-35(7-9-36)30-55-51(63)44-28-39(61)31-60(44)52(64)50(53(2,3)4)57-46(62)32-66-26-24-58-20-22-59(23-21-58)25-27-67-40-14-16-41(17-15-40)68-47-43-19-18-42(65-5)29-45(43)70-49(47)37-10-12-38(54)13-11-37/h6-19,29,33,44,50H,20-28,30-32H2,1-5H3,(H,55,63)(H,57,62)/t44-,50?/m0/s1. The molecule has 6 aromatic rings. The Morgan fingerprint density at radius 2 is 1.49 bits per heavy atom. The molecule has 2 atom stereocenters. The van der Waals surface area contributed by atoms with Crippen LogP contribution in [-0.2, 0) is 30.5 Å². The molecule has 17 heteroatoms. The lowest BCUT2D eigenvalue weighted by atomic mass is 9.85. The molecule has 2 fully saturated rings. The molecular weight excluding hydrogens is 993 g/mol. The number of rotatable bonds is 19. The summed E-state index contributed by atoms with van der Waals surface area (Å²) >= 11 is 6.79. The van der Waals surface area contributed by atoms with Crippen LogP contribution in [-0.4, -0.2) is 128 Å². The average molecular weight is 1050 g/mol. The van der Waals surface area contributed by atoms with Gasteiger partial charge in [-0.05, 0) is 83.6 Å². The SMILES string of the molecule is COc1ccc2c(Oc3ccc(OCCN4CCN(CCOCC(=O)NC(C(=O)N5CC(=O)C[C@H]5C(=O)NCc5ccc(-c6scnc6C)cc5)C(C)(C)C)CC4)cc3)c(-c3ccc(Br)cc3)sc2c1. The number of likely N-dealkylation sites (tertiary alicyclic amines) is 1. The van der Waals surface area contributed by atoms with Gasteiger partial charge in [0, 0.05) is 66.8 Å². The summed E-state index contributed by atoms with van der Waals surface area (Å²) in [6.45, 7) is 13.2. The molecule has 2 aliphatic rings. The number of fused-ring (bicyclic) bond motifs is 1. The maximum absolute atomic E-state index is 14.0. The minimum Gasteiger partial charge on any atom is -0.497 e. The predicted molar refractivity (Wildman–Crippen MR) is 278 cm³/mol. The molecule has 8 rings (SSSR count). The summed E-state index contributed by atoms with van der Waals surface area (Å²) in [4.78, 5) is 65.7. The highest BCUT2D eigenvalue weighted by molar-refractivity contribution is 9.10. The number of thiazole rings is 1. The number of benzene rings is 4. The number of carbonyl (C=O) groups is 4. The molecule has 0 saturated carbocycles. The Labute approximate surface area is 425 Å². The summed E-state index contributed by atoms with van der Waals surface area (Å²) in [5.74, 6) is 1.57. The number of nitrogens with zero attached hydrogens (tertiary/aromatic N) is 4. The summed E-state index contributed by atoms with van der Waals surface area (Å²) in [5, 5.41) is 6.78. The Morgan fingerprint density at radius 1 is 0.843 bits per heavy atom. The highest BCUT2D eigenvalue weighted by atomic mass is 79.9. The maximum Gasteiger partial charge on any atom is 0.246 e. The molecule has 4 heterocycles. The van der Waals surface area contributed by atoms with Crippen LogP contribution in [0.15, 0.2) is 101 Å². The lowest BCUT2D eigenvalue weighted by Crippen LogP contribution is -2.58.